The van der Waals surface area contributed by atoms with Crippen LogP contribution in [-0.2, 0) is 10.0 Å². The van der Waals surface area contributed by atoms with E-state index in [1.165, 1.54) is 10.5 Å². The van der Waals surface area contributed by atoms with E-state index in [4.69, 9.17) is 5.84 Å². The van der Waals surface area contributed by atoms with Gasteiger partial charge in [0.25, 0.3) is 10.0 Å². The fraction of sp³-hybridized carbons (Fsp3) is 0.286. The molecule has 0 amide bonds. The van der Waals surface area contributed by atoms with Gasteiger partial charge in [0, 0.05) is 12.5 Å². The van der Waals surface area contributed by atoms with Crippen LogP contribution in [0.25, 0.3) is 0 Å². The van der Waals surface area contributed by atoms with E-state index in [2.05, 4.69) is 15.4 Å². The number of nitrogens with two attached hydrogens (primary N) is 1. The zero-order valence-electron chi connectivity index (χ0n) is 12.3. The Balaban J connectivity index is 2.06. The number of fused-ring (bicyclic) bond motifs is 1. The number of aromatic nitrogens is 2. The third-order valence-corrected chi connectivity index (χ3v) is 5.45. The van der Waals surface area contributed by atoms with E-state index in [9.17, 15) is 8.42 Å². The van der Waals surface area contributed by atoms with Crippen LogP contribution >= 0.6 is 0 Å². The van der Waals surface area contributed by atoms with Gasteiger partial charge in [-0.25, -0.2) is 28.5 Å². The lowest BCUT2D eigenvalue weighted by atomic mass is 10.1. The van der Waals surface area contributed by atoms with Crippen LogP contribution in [0, 0.1) is 6.92 Å². The third kappa shape index (κ3) is 2.30. The highest BCUT2D eigenvalue weighted by Crippen LogP contribution is 2.37. The molecule has 3 N–H and O–H groups in total. The first-order valence-electron chi connectivity index (χ1n) is 6.86. The molecule has 0 bridgehead atoms. The van der Waals surface area contributed by atoms with Crippen molar-refractivity contribution in [3.05, 3.63) is 41.7 Å². The maximum atomic E-state index is 12.8. The number of sulfonamides is 1. The molecule has 0 spiro atoms. The van der Waals surface area contributed by atoms with Gasteiger partial charge in [-0.2, -0.15) is 0 Å². The lowest BCUT2D eigenvalue weighted by Gasteiger charge is -2.18. The number of hydrogen-bond acceptors (Lipinski definition) is 6. The lowest BCUT2D eigenvalue weighted by Crippen LogP contribution is -2.30. The van der Waals surface area contributed by atoms with E-state index in [1.807, 2.05) is 13.8 Å². The monoisotopic (exact) mass is 319 g/mol. The SMILES string of the molecule is Cc1ccc(S(=O)(=O)N2CC(C)c3nc(NN)cnc32)cc1. The molecule has 2 aromatic rings. The van der Waals surface area contributed by atoms with E-state index in [1.54, 1.807) is 24.3 Å². The van der Waals surface area contributed by atoms with Crippen molar-refractivity contribution in [2.75, 3.05) is 16.3 Å². The molecule has 116 valence electrons. The number of hydrazine groups is 1. The topological polar surface area (TPSA) is 101 Å². The van der Waals surface area contributed by atoms with Crippen molar-refractivity contribution in [2.24, 2.45) is 5.84 Å². The van der Waals surface area contributed by atoms with Gasteiger partial charge in [-0.1, -0.05) is 24.6 Å². The van der Waals surface area contributed by atoms with Crippen LogP contribution in [0.15, 0.2) is 35.4 Å². The van der Waals surface area contributed by atoms with Gasteiger partial charge in [-0.05, 0) is 19.1 Å². The van der Waals surface area contributed by atoms with Crippen molar-refractivity contribution in [2.45, 2.75) is 24.7 Å². The van der Waals surface area contributed by atoms with Crippen molar-refractivity contribution in [3.63, 3.8) is 0 Å². The molecule has 1 aromatic carbocycles. The highest BCUT2D eigenvalue weighted by atomic mass is 32.2. The van der Waals surface area contributed by atoms with Gasteiger partial charge >= 0.3 is 0 Å². The quantitative estimate of drug-likeness (QED) is 0.655. The van der Waals surface area contributed by atoms with Gasteiger partial charge in [-0.15, -0.1) is 0 Å². The zero-order valence-corrected chi connectivity index (χ0v) is 13.1. The molecule has 7 nitrogen and oxygen atoms in total. The molecule has 0 aliphatic carbocycles. The molecule has 8 heteroatoms. The van der Waals surface area contributed by atoms with Crippen molar-refractivity contribution in [1.82, 2.24) is 9.97 Å². The van der Waals surface area contributed by atoms with Crippen LogP contribution in [0.4, 0.5) is 11.6 Å². The molecule has 1 aromatic heterocycles. The summed E-state index contributed by atoms with van der Waals surface area (Å²) in [7, 11) is -3.64. The van der Waals surface area contributed by atoms with Crippen LogP contribution in [0.1, 0.15) is 24.1 Å². The maximum Gasteiger partial charge on any atom is 0.265 e. The van der Waals surface area contributed by atoms with Gasteiger partial charge in [-0.3, -0.25) is 0 Å². The predicted molar refractivity (Wildman–Crippen MR) is 84.0 cm³/mol. The van der Waals surface area contributed by atoms with E-state index in [0.29, 0.717) is 23.9 Å². The predicted octanol–water partition coefficient (Wildman–Crippen LogP) is 1.38. The summed E-state index contributed by atoms with van der Waals surface area (Å²) in [5.41, 5.74) is 4.06. The van der Waals surface area contributed by atoms with Crippen molar-refractivity contribution < 1.29 is 8.42 Å². The Hall–Kier alpha value is -2.19. The smallest absolute Gasteiger partial charge is 0.265 e. The fourth-order valence-corrected chi connectivity index (χ4v) is 3.98. The number of aryl methyl sites for hydroxylation is 1. The number of nitrogens with zero attached hydrogens (tertiary/aromatic N) is 3. The second-order valence-corrected chi connectivity index (χ2v) is 7.22. The molecule has 0 fully saturated rings. The molecule has 0 saturated heterocycles. The van der Waals surface area contributed by atoms with Crippen LogP contribution in [0.2, 0.25) is 0 Å². The summed E-state index contributed by atoms with van der Waals surface area (Å²) >= 11 is 0. The van der Waals surface area contributed by atoms with E-state index in [0.717, 1.165) is 5.56 Å². The third-order valence-electron chi connectivity index (χ3n) is 3.68. The van der Waals surface area contributed by atoms with Crippen LogP contribution in [0.5, 0.6) is 0 Å². The lowest BCUT2D eigenvalue weighted by molar-refractivity contribution is 0.590. The average Bonchev–Trinajstić information content (AvgIpc) is 2.85. The summed E-state index contributed by atoms with van der Waals surface area (Å²) in [6.45, 7) is 4.15. The molecule has 1 aliphatic heterocycles. The molecule has 1 aliphatic rings. The molecule has 3 rings (SSSR count). The average molecular weight is 319 g/mol. The summed E-state index contributed by atoms with van der Waals surface area (Å²) in [6, 6.07) is 6.77. The van der Waals surface area contributed by atoms with Gasteiger partial charge < -0.3 is 5.43 Å². The number of anilines is 2. The van der Waals surface area contributed by atoms with Crippen molar-refractivity contribution in [3.8, 4) is 0 Å². The Kier molecular flexibility index (Phi) is 3.50. The summed E-state index contributed by atoms with van der Waals surface area (Å²) in [4.78, 5) is 8.78. The molecule has 1 unspecified atom stereocenters. The zero-order chi connectivity index (χ0) is 15.9. The fourth-order valence-electron chi connectivity index (χ4n) is 2.46. The number of rotatable bonds is 3. The van der Waals surface area contributed by atoms with Crippen molar-refractivity contribution >= 4 is 21.7 Å². The number of nitrogens with one attached hydrogen (secondary N) is 1. The number of benzene rings is 1. The summed E-state index contributed by atoms with van der Waals surface area (Å²) < 4.78 is 27.0. The first-order chi connectivity index (χ1) is 10.4. The molecule has 22 heavy (non-hydrogen) atoms. The largest absolute Gasteiger partial charge is 0.307 e. The normalized spacial score (nSPS) is 17.4. The van der Waals surface area contributed by atoms with Gasteiger partial charge in [0.1, 0.15) is 0 Å². The minimum atomic E-state index is -3.64. The molecule has 0 radical (unpaired) electrons. The first kappa shape index (κ1) is 14.7. The molecular formula is C14H17N5O2S. The minimum absolute atomic E-state index is 0.0453. The van der Waals surface area contributed by atoms with Crippen LogP contribution in [0.3, 0.4) is 0 Å². The summed E-state index contributed by atoms with van der Waals surface area (Å²) in [5.74, 6) is 6.07. The standard InChI is InChI=1S/C14H17N5O2S/c1-9-3-5-11(6-4-9)22(20,21)19-8-10(2)13-14(19)16-7-12(17-13)18-15/h3-7,10H,8,15H2,1-2H3,(H,17,18). The second kappa shape index (κ2) is 5.22. The van der Waals surface area contributed by atoms with E-state index >= 15 is 0 Å². The number of nitrogen functional groups attached to an aromatic ring is 1. The maximum absolute atomic E-state index is 12.8. The first-order valence-corrected chi connectivity index (χ1v) is 8.30. The highest BCUT2D eigenvalue weighted by molar-refractivity contribution is 7.92. The Labute approximate surface area is 129 Å². The summed E-state index contributed by atoms with van der Waals surface area (Å²) in [5, 5.41) is 0. The molecule has 1 atom stereocenters. The number of hydrogen-bond donors (Lipinski definition) is 2. The Morgan fingerprint density at radius 3 is 2.64 bits per heavy atom. The Morgan fingerprint density at radius 2 is 2.00 bits per heavy atom. The van der Waals surface area contributed by atoms with Crippen LogP contribution in [-0.4, -0.2) is 24.9 Å². The van der Waals surface area contributed by atoms with Gasteiger partial charge in [0.15, 0.2) is 11.6 Å². The Bertz CT molecular complexity index is 804. The van der Waals surface area contributed by atoms with Crippen molar-refractivity contribution in [1.29, 1.82) is 0 Å². The van der Waals surface area contributed by atoms with Gasteiger partial charge in [0.2, 0.25) is 0 Å². The van der Waals surface area contributed by atoms with Gasteiger partial charge in [0.05, 0.1) is 16.8 Å². The summed E-state index contributed by atoms with van der Waals surface area (Å²) in [6.07, 6.45) is 1.43. The van der Waals surface area contributed by atoms with E-state index < -0.39 is 10.0 Å². The Morgan fingerprint density at radius 1 is 1.32 bits per heavy atom. The van der Waals surface area contributed by atoms with Crippen LogP contribution < -0.4 is 15.6 Å². The second-order valence-electron chi connectivity index (χ2n) is 5.36. The molecule has 2 heterocycles. The minimum Gasteiger partial charge on any atom is -0.307 e. The highest BCUT2D eigenvalue weighted by Gasteiger charge is 2.37. The van der Waals surface area contributed by atoms with E-state index in [-0.39, 0.29) is 10.8 Å². The molecular weight excluding hydrogens is 302 g/mol. The molecule has 0 saturated carbocycles.